The minimum absolute atomic E-state index is 0.152. The Kier molecular flexibility index (Phi) is 3.11. The monoisotopic (exact) mass is 251 g/mol. The predicted octanol–water partition coefficient (Wildman–Crippen LogP) is 1.85. The number of nitrogens with zero attached hydrogens (tertiary/aromatic N) is 2. The SMILES string of the molecule is CC1OC(C)C(c2nc(CNC3CC3)no2)C1C. The molecule has 4 unspecified atom stereocenters. The van der Waals surface area contributed by atoms with Crippen molar-refractivity contribution < 1.29 is 9.26 Å². The molecule has 1 saturated carbocycles. The highest BCUT2D eigenvalue weighted by atomic mass is 16.5. The van der Waals surface area contributed by atoms with Crippen molar-refractivity contribution in [2.75, 3.05) is 0 Å². The van der Waals surface area contributed by atoms with Gasteiger partial charge in [-0.15, -0.1) is 0 Å². The van der Waals surface area contributed by atoms with E-state index in [-0.39, 0.29) is 18.1 Å². The molecule has 100 valence electrons. The Morgan fingerprint density at radius 2 is 2.00 bits per heavy atom. The lowest BCUT2D eigenvalue weighted by Gasteiger charge is -2.12. The zero-order chi connectivity index (χ0) is 12.7. The molecule has 1 aliphatic heterocycles. The molecule has 3 rings (SSSR count). The van der Waals surface area contributed by atoms with Crippen LogP contribution < -0.4 is 5.32 Å². The van der Waals surface area contributed by atoms with E-state index in [0.717, 1.165) is 11.7 Å². The van der Waals surface area contributed by atoms with E-state index in [1.165, 1.54) is 12.8 Å². The van der Waals surface area contributed by atoms with Crippen molar-refractivity contribution in [1.29, 1.82) is 0 Å². The van der Waals surface area contributed by atoms with E-state index in [1.54, 1.807) is 0 Å². The van der Waals surface area contributed by atoms with Gasteiger partial charge in [-0.1, -0.05) is 12.1 Å². The van der Waals surface area contributed by atoms with Crippen molar-refractivity contribution in [1.82, 2.24) is 15.5 Å². The van der Waals surface area contributed by atoms with E-state index in [2.05, 4.69) is 36.2 Å². The second-order valence-electron chi connectivity index (χ2n) is 5.64. The summed E-state index contributed by atoms with van der Waals surface area (Å²) in [6.45, 7) is 7.08. The van der Waals surface area contributed by atoms with Crippen molar-refractivity contribution >= 4 is 0 Å². The van der Waals surface area contributed by atoms with Gasteiger partial charge in [0, 0.05) is 6.04 Å². The largest absolute Gasteiger partial charge is 0.374 e. The summed E-state index contributed by atoms with van der Waals surface area (Å²) in [5.41, 5.74) is 0. The van der Waals surface area contributed by atoms with Crippen LogP contribution >= 0.6 is 0 Å². The van der Waals surface area contributed by atoms with Gasteiger partial charge in [0.2, 0.25) is 5.89 Å². The lowest BCUT2D eigenvalue weighted by atomic mass is 9.89. The molecule has 18 heavy (non-hydrogen) atoms. The number of ether oxygens (including phenoxy) is 1. The molecule has 1 saturated heterocycles. The van der Waals surface area contributed by atoms with Crippen LogP contribution in [0.1, 0.15) is 51.2 Å². The van der Waals surface area contributed by atoms with Crippen LogP contribution in [-0.4, -0.2) is 28.4 Å². The zero-order valence-electron chi connectivity index (χ0n) is 11.2. The fourth-order valence-electron chi connectivity index (χ4n) is 2.69. The average Bonchev–Trinajstić information content (AvgIpc) is 2.99. The number of nitrogens with one attached hydrogen (secondary N) is 1. The smallest absolute Gasteiger partial charge is 0.232 e. The molecule has 2 aliphatic rings. The molecule has 0 radical (unpaired) electrons. The van der Waals surface area contributed by atoms with E-state index in [9.17, 15) is 0 Å². The average molecular weight is 251 g/mol. The first-order valence-electron chi connectivity index (χ1n) is 6.86. The molecular weight excluding hydrogens is 230 g/mol. The maximum absolute atomic E-state index is 5.81. The molecule has 5 heteroatoms. The van der Waals surface area contributed by atoms with Crippen LogP contribution in [0.5, 0.6) is 0 Å². The second kappa shape index (κ2) is 4.63. The first-order valence-corrected chi connectivity index (χ1v) is 6.86. The predicted molar refractivity (Wildman–Crippen MR) is 66.1 cm³/mol. The lowest BCUT2D eigenvalue weighted by molar-refractivity contribution is 0.0542. The number of hydrogen-bond donors (Lipinski definition) is 1. The summed E-state index contributed by atoms with van der Waals surface area (Å²) >= 11 is 0. The fraction of sp³-hybridized carbons (Fsp3) is 0.846. The van der Waals surface area contributed by atoms with Crippen molar-refractivity contribution in [3.8, 4) is 0 Å². The van der Waals surface area contributed by atoms with Crippen molar-refractivity contribution in [3.63, 3.8) is 0 Å². The highest BCUT2D eigenvalue weighted by molar-refractivity contribution is 5.04. The van der Waals surface area contributed by atoms with Gasteiger partial charge in [0.05, 0.1) is 24.7 Å². The third-order valence-electron chi connectivity index (χ3n) is 4.14. The minimum atomic E-state index is 0.152. The van der Waals surface area contributed by atoms with Crippen LogP contribution in [0.2, 0.25) is 0 Å². The van der Waals surface area contributed by atoms with Gasteiger partial charge < -0.3 is 14.6 Å². The van der Waals surface area contributed by atoms with Crippen molar-refractivity contribution in [2.24, 2.45) is 5.92 Å². The molecule has 0 aromatic carbocycles. The van der Waals surface area contributed by atoms with Crippen LogP contribution in [0.4, 0.5) is 0 Å². The van der Waals surface area contributed by atoms with Crippen LogP contribution in [0.3, 0.4) is 0 Å². The first-order chi connectivity index (χ1) is 8.65. The number of hydrogen-bond acceptors (Lipinski definition) is 5. The molecule has 0 spiro atoms. The minimum Gasteiger partial charge on any atom is -0.374 e. The molecule has 2 heterocycles. The van der Waals surface area contributed by atoms with Crippen LogP contribution in [0, 0.1) is 5.92 Å². The van der Waals surface area contributed by atoms with Gasteiger partial charge in [0.15, 0.2) is 5.82 Å². The quantitative estimate of drug-likeness (QED) is 0.885. The standard InChI is InChI=1S/C13H21N3O2/c1-7-8(2)17-9(3)12(7)13-15-11(16-18-13)6-14-10-4-5-10/h7-10,12,14H,4-6H2,1-3H3. The Bertz CT molecular complexity index is 416. The molecule has 4 atom stereocenters. The molecule has 1 N–H and O–H groups in total. The van der Waals surface area contributed by atoms with E-state index in [1.807, 2.05) is 0 Å². The Labute approximate surface area is 107 Å². The Morgan fingerprint density at radius 3 is 2.61 bits per heavy atom. The van der Waals surface area contributed by atoms with Crippen LogP contribution in [0.25, 0.3) is 0 Å². The van der Waals surface area contributed by atoms with Gasteiger partial charge in [0.25, 0.3) is 0 Å². The fourth-order valence-corrected chi connectivity index (χ4v) is 2.69. The molecular formula is C13H21N3O2. The van der Waals surface area contributed by atoms with Crippen molar-refractivity contribution in [2.45, 2.75) is 64.3 Å². The highest BCUT2D eigenvalue weighted by Crippen LogP contribution is 2.38. The zero-order valence-corrected chi connectivity index (χ0v) is 11.2. The summed E-state index contributed by atoms with van der Waals surface area (Å²) in [5.74, 6) is 2.13. The summed E-state index contributed by atoms with van der Waals surface area (Å²) in [6.07, 6.45) is 2.95. The molecule has 0 amide bonds. The number of rotatable bonds is 4. The third-order valence-corrected chi connectivity index (χ3v) is 4.14. The summed E-state index contributed by atoms with van der Waals surface area (Å²) < 4.78 is 11.2. The second-order valence-corrected chi connectivity index (χ2v) is 5.64. The summed E-state index contributed by atoms with van der Waals surface area (Å²) in [6, 6.07) is 0.666. The summed E-state index contributed by atoms with van der Waals surface area (Å²) in [7, 11) is 0. The van der Waals surface area contributed by atoms with Crippen LogP contribution in [-0.2, 0) is 11.3 Å². The first kappa shape index (κ1) is 12.1. The van der Waals surface area contributed by atoms with E-state index in [0.29, 0.717) is 18.5 Å². The van der Waals surface area contributed by atoms with Gasteiger partial charge in [-0.25, -0.2) is 0 Å². The normalized spacial score (nSPS) is 36.2. The molecule has 2 fully saturated rings. The summed E-state index contributed by atoms with van der Waals surface area (Å²) in [5, 5.41) is 7.44. The maximum Gasteiger partial charge on any atom is 0.232 e. The van der Waals surface area contributed by atoms with Gasteiger partial charge >= 0.3 is 0 Å². The molecule has 1 aliphatic carbocycles. The van der Waals surface area contributed by atoms with Crippen LogP contribution in [0.15, 0.2) is 4.52 Å². The molecule has 5 nitrogen and oxygen atoms in total. The Balaban J connectivity index is 1.67. The van der Waals surface area contributed by atoms with E-state index in [4.69, 9.17) is 9.26 Å². The summed E-state index contributed by atoms with van der Waals surface area (Å²) in [4.78, 5) is 4.51. The molecule has 1 aromatic rings. The van der Waals surface area contributed by atoms with Gasteiger partial charge in [-0.2, -0.15) is 4.98 Å². The third kappa shape index (κ3) is 2.29. The van der Waals surface area contributed by atoms with Gasteiger partial charge in [0.1, 0.15) is 0 Å². The molecule has 1 aromatic heterocycles. The molecule has 0 bridgehead atoms. The van der Waals surface area contributed by atoms with E-state index >= 15 is 0 Å². The Hall–Kier alpha value is -0.940. The Morgan fingerprint density at radius 1 is 1.22 bits per heavy atom. The lowest BCUT2D eigenvalue weighted by Crippen LogP contribution is -2.17. The van der Waals surface area contributed by atoms with Crippen molar-refractivity contribution in [3.05, 3.63) is 11.7 Å². The highest BCUT2D eigenvalue weighted by Gasteiger charge is 2.41. The maximum atomic E-state index is 5.81. The van der Waals surface area contributed by atoms with E-state index < -0.39 is 0 Å². The van der Waals surface area contributed by atoms with Gasteiger partial charge in [-0.3, -0.25) is 0 Å². The van der Waals surface area contributed by atoms with Gasteiger partial charge in [-0.05, 0) is 32.6 Å². The topological polar surface area (TPSA) is 60.2 Å². The number of aromatic nitrogens is 2.